The van der Waals surface area contributed by atoms with Gasteiger partial charge in [-0.1, -0.05) is 0 Å². The van der Waals surface area contributed by atoms with Crippen LogP contribution in [0.25, 0.3) is 0 Å². The van der Waals surface area contributed by atoms with Crippen LogP contribution in [0.2, 0.25) is 0 Å². The van der Waals surface area contributed by atoms with Crippen LogP contribution in [0.15, 0.2) is 18.5 Å². The van der Waals surface area contributed by atoms with Gasteiger partial charge in [0.25, 0.3) is 0 Å². The van der Waals surface area contributed by atoms with Crippen molar-refractivity contribution in [3.63, 3.8) is 0 Å². The van der Waals surface area contributed by atoms with Crippen LogP contribution in [-0.2, 0) is 10.6 Å². The molecule has 1 saturated heterocycles. The van der Waals surface area contributed by atoms with Gasteiger partial charge in [-0.15, -0.1) is 11.6 Å². The van der Waals surface area contributed by atoms with E-state index in [9.17, 15) is 0 Å². The third-order valence-electron chi connectivity index (χ3n) is 3.05. The first-order chi connectivity index (χ1) is 7.85. The summed E-state index contributed by atoms with van der Waals surface area (Å²) in [4.78, 5) is 6.49. The molecule has 88 valence electrons. The van der Waals surface area contributed by atoms with Crippen LogP contribution in [0, 0.1) is 5.92 Å². The largest absolute Gasteiger partial charge is 0.384 e. The standard InChI is InChI=1S/C12H17ClN2O/c1-16-9-10-3-5-15(8-10)12-2-4-14-7-11(12)6-13/h2,4,7,10H,3,5-6,8-9H2,1H3. The molecule has 1 atom stereocenters. The highest BCUT2D eigenvalue weighted by molar-refractivity contribution is 6.17. The molecule has 0 radical (unpaired) electrons. The van der Waals surface area contributed by atoms with Gasteiger partial charge in [-0.25, -0.2) is 0 Å². The molecule has 2 heterocycles. The maximum absolute atomic E-state index is 5.92. The van der Waals surface area contributed by atoms with Crippen LogP contribution >= 0.6 is 11.6 Å². The maximum Gasteiger partial charge on any atom is 0.0509 e. The van der Waals surface area contributed by atoms with Crippen molar-refractivity contribution in [2.24, 2.45) is 5.92 Å². The van der Waals surface area contributed by atoms with Crippen molar-refractivity contribution >= 4 is 17.3 Å². The Morgan fingerprint density at radius 3 is 3.25 bits per heavy atom. The molecular weight excluding hydrogens is 224 g/mol. The quantitative estimate of drug-likeness (QED) is 0.756. The third-order valence-corrected chi connectivity index (χ3v) is 3.34. The van der Waals surface area contributed by atoms with Crippen molar-refractivity contribution in [3.8, 4) is 0 Å². The van der Waals surface area contributed by atoms with Crippen LogP contribution in [0.1, 0.15) is 12.0 Å². The summed E-state index contributed by atoms with van der Waals surface area (Å²) in [5, 5.41) is 0. The first-order valence-corrected chi connectivity index (χ1v) is 6.11. The normalized spacial score (nSPS) is 20.4. The van der Waals surface area contributed by atoms with Crippen molar-refractivity contribution < 1.29 is 4.74 Å². The molecule has 16 heavy (non-hydrogen) atoms. The number of halogens is 1. The second-order valence-electron chi connectivity index (χ2n) is 4.19. The van der Waals surface area contributed by atoms with Gasteiger partial charge in [0.05, 0.1) is 12.5 Å². The number of pyridine rings is 1. The Morgan fingerprint density at radius 2 is 2.50 bits per heavy atom. The van der Waals surface area contributed by atoms with E-state index in [0.717, 1.165) is 25.3 Å². The van der Waals surface area contributed by atoms with Crippen molar-refractivity contribution in [2.45, 2.75) is 12.3 Å². The minimum Gasteiger partial charge on any atom is -0.384 e. The van der Waals surface area contributed by atoms with Crippen molar-refractivity contribution in [2.75, 3.05) is 31.7 Å². The lowest BCUT2D eigenvalue weighted by Gasteiger charge is -2.21. The fourth-order valence-corrected chi connectivity index (χ4v) is 2.46. The lowest BCUT2D eigenvalue weighted by atomic mass is 10.1. The predicted molar refractivity (Wildman–Crippen MR) is 66.0 cm³/mol. The van der Waals surface area contributed by atoms with Gasteiger partial charge in [0.2, 0.25) is 0 Å². The topological polar surface area (TPSA) is 25.4 Å². The number of anilines is 1. The van der Waals surface area contributed by atoms with E-state index in [-0.39, 0.29) is 0 Å². The van der Waals surface area contributed by atoms with Crippen molar-refractivity contribution in [3.05, 3.63) is 24.0 Å². The highest BCUT2D eigenvalue weighted by Gasteiger charge is 2.23. The molecule has 4 heteroatoms. The fourth-order valence-electron chi connectivity index (χ4n) is 2.25. The fraction of sp³-hybridized carbons (Fsp3) is 0.583. The van der Waals surface area contributed by atoms with E-state index in [1.54, 1.807) is 7.11 Å². The summed E-state index contributed by atoms with van der Waals surface area (Å²) in [6.45, 7) is 2.99. The van der Waals surface area contributed by atoms with E-state index >= 15 is 0 Å². The third kappa shape index (κ3) is 2.47. The Kier molecular flexibility index (Phi) is 4.02. The molecule has 0 spiro atoms. The number of aromatic nitrogens is 1. The van der Waals surface area contributed by atoms with E-state index in [1.807, 2.05) is 18.5 Å². The number of alkyl halides is 1. The summed E-state index contributed by atoms with van der Waals surface area (Å²) in [7, 11) is 1.76. The van der Waals surface area contributed by atoms with Gasteiger partial charge < -0.3 is 9.64 Å². The van der Waals surface area contributed by atoms with Crippen LogP contribution in [-0.4, -0.2) is 31.8 Å². The predicted octanol–water partition coefficient (Wildman–Crippen LogP) is 2.29. The van der Waals surface area contributed by atoms with Gasteiger partial charge >= 0.3 is 0 Å². The van der Waals surface area contributed by atoms with E-state index in [2.05, 4.69) is 9.88 Å². The summed E-state index contributed by atoms with van der Waals surface area (Å²) in [6, 6.07) is 2.05. The van der Waals surface area contributed by atoms with Gasteiger partial charge in [0, 0.05) is 49.8 Å². The molecule has 1 aromatic rings. The molecule has 1 aliphatic heterocycles. The van der Waals surface area contributed by atoms with Gasteiger partial charge in [-0.3, -0.25) is 4.98 Å². The zero-order chi connectivity index (χ0) is 11.4. The summed E-state index contributed by atoms with van der Waals surface area (Å²) in [5.41, 5.74) is 2.34. The van der Waals surface area contributed by atoms with Gasteiger partial charge in [-0.05, 0) is 12.5 Å². The van der Waals surface area contributed by atoms with Gasteiger partial charge in [-0.2, -0.15) is 0 Å². The number of hydrogen-bond acceptors (Lipinski definition) is 3. The minimum absolute atomic E-state index is 0.522. The number of rotatable bonds is 4. The minimum atomic E-state index is 0.522. The van der Waals surface area contributed by atoms with E-state index in [0.29, 0.717) is 11.8 Å². The van der Waals surface area contributed by atoms with Gasteiger partial charge in [0.15, 0.2) is 0 Å². The molecule has 0 saturated carbocycles. The van der Waals surface area contributed by atoms with Crippen molar-refractivity contribution in [1.82, 2.24) is 4.98 Å². The number of methoxy groups -OCH3 is 1. The molecule has 2 rings (SSSR count). The molecule has 0 aromatic carbocycles. The highest BCUT2D eigenvalue weighted by atomic mass is 35.5. The van der Waals surface area contributed by atoms with E-state index in [4.69, 9.17) is 16.3 Å². The molecule has 3 nitrogen and oxygen atoms in total. The summed E-state index contributed by atoms with van der Waals surface area (Å²) in [6.07, 6.45) is 4.87. The average Bonchev–Trinajstić information content (AvgIpc) is 2.78. The highest BCUT2D eigenvalue weighted by Crippen LogP contribution is 2.27. The number of hydrogen-bond donors (Lipinski definition) is 0. The molecule has 1 unspecified atom stereocenters. The second-order valence-corrected chi connectivity index (χ2v) is 4.46. The summed E-state index contributed by atoms with van der Waals surface area (Å²) >= 11 is 5.92. The van der Waals surface area contributed by atoms with Gasteiger partial charge in [0.1, 0.15) is 0 Å². The van der Waals surface area contributed by atoms with E-state index < -0.39 is 0 Å². The van der Waals surface area contributed by atoms with Crippen LogP contribution in [0.5, 0.6) is 0 Å². The van der Waals surface area contributed by atoms with Crippen LogP contribution < -0.4 is 4.90 Å². The Morgan fingerprint density at radius 1 is 1.62 bits per heavy atom. The first-order valence-electron chi connectivity index (χ1n) is 5.58. The average molecular weight is 241 g/mol. The maximum atomic E-state index is 5.92. The SMILES string of the molecule is COCC1CCN(c2ccncc2CCl)C1. The molecule has 0 aliphatic carbocycles. The first kappa shape index (κ1) is 11.7. The molecule has 0 amide bonds. The number of ether oxygens (including phenoxy) is 1. The molecule has 1 fully saturated rings. The molecule has 1 aromatic heterocycles. The lowest BCUT2D eigenvalue weighted by molar-refractivity contribution is 0.161. The monoisotopic (exact) mass is 240 g/mol. The summed E-state index contributed by atoms with van der Waals surface area (Å²) < 4.78 is 5.20. The zero-order valence-electron chi connectivity index (χ0n) is 9.53. The molecule has 0 bridgehead atoms. The molecular formula is C12H17ClN2O. The smallest absolute Gasteiger partial charge is 0.0509 e. The van der Waals surface area contributed by atoms with Crippen LogP contribution in [0.3, 0.4) is 0 Å². The zero-order valence-corrected chi connectivity index (χ0v) is 10.3. The Balaban J connectivity index is 2.08. The second kappa shape index (κ2) is 5.51. The van der Waals surface area contributed by atoms with Crippen molar-refractivity contribution in [1.29, 1.82) is 0 Å². The Bertz CT molecular complexity index is 346. The Hall–Kier alpha value is -0.800. The number of nitrogens with zero attached hydrogens (tertiary/aromatic N) is 2. The van der Waals surface area contributed by atoms with Crippen LogP contribution in [0.4, 0.5) is 5.69 Å². The molecule has 1 aliphatic rings. The summed E-state index contributed by atoms with van der Waals surface area (Å²) in [5.74, 6) is 1.16. The Labute approximate surface area is 101 Å². The molecule has 0 N–H and O–H groups in total. The van der Waals surface area contributed by atoms with E-state index in [1.165, 1.54) is 12.1 Å². The lowest BCUT2D eigenvalue weighted by Crippen LogP contribution is -2.22.